The lowest BCUT2D eigenvalue weighted by Gasteiger charge is -2.39. The van der Waals surface area contributed by atoms with E-state index in [1.165, 1.54) is 12.8 Å². The van der Waals surface area contributed by atoms with Gasteiger partial charge in [-0.1, -0.05) is 18.2 Å². The van der Waals surface area contributed by atoms with E-state index in [1.807, 2.05) is 35.2 Å². The fourth-order valence-corrected chi connectivity index (χ4v) is 3.69. The maximum Gasteiger partial charge on any atom is 0.260 e. The highest BCUT2D eigenvalue weighted by atomic mass is 16.5. The van der Waals surface area contributed by atoms with Gasteiger partial charge in [0.05, 0.1) is 18.8 Å². The Hall–Kier alpha value is -1.59. The molecule has 2 saturated carbocycles. The molecule has 1 aliphatic heterocycles. The molecular weight excluding hydrogens is 306 g/mol. The highest BCUT2D eigenvalue weighted by Gasteiger charge is 2.45. The predicted molar refractivity (Wildman–Crippen MR) is 88.9 cm³/mol. The molecule has 0 radical (unpaired) electrons. The molecule has 3 atom stereocenters. The van der Waals surface area contributed by atoms with E-state index in [9.17, 15) is 4.79 Å². The lowest BCUT2D eigenvalue weighted by molar-refractivity contribution is -0.153. The van der Waals surface area contributed by atoms with Crippen LogP contribution in [0.4, 0.5) is 0 Å². The minimum atomic E-state index is 0.0261. The maximum atomic E-state index is 12.6. The zero-order valence-electron chi connectivity index (χ0n) is 13.9. The molecular formula is C19H25NO4. The second-order valence-electron chi connectivity index (χ2n) is 6.98. The first-order valence-electron chi connectivity index (χ1n) is 9.02. The first-order valence-corrected chi connectivity index (χ1v) is 9.02. The van der Waals surface area contributed by atoms with Gasteiger partial charge in [-0.05, 0) is 43.7 Å². The van der Waals surface area contributed by atoms with Crippen molar-refractivity contribution in [3.05, 3.63) is 30.3 Å². The SMILES string of the molecule is O=C(COc1ccccc1)N1CCO[C@H]2[C@@H](OCC3CC3)CC[C@@H]21. The van der Waals surface area contributed by atoms with Crippen LogP contribution < -0.4 is 4.74 Å². The Morgan fingerprint density at radius 3 is 2.79 bits per heavy atom. The van der Waals surface area contributed by atoms with E-state index in [2.05, 4.69) is 0 Å². The maximum absolute atomic E-state index is 12.6. The normalized spacial score (nSPS) is 29.3. The van der Waals surface area contributed by atoms with E-state index in [0.29, 0.717) is 13.2 Å². The Morgan fingerprint density at radius 2 is 2.00 bits per heavy atom. The largest absolute Gasteiger partial charge is 0.484 e. The molecule has 130 valence electrons. The summed E-state index contributed by atoms with van der Waals surface area (Å²) in [5, 5.41) is 0. The van der Waals surface area contributed by atoms with Gasteiger partial charge in [-0.3, -0.25) is 4.79 Å². The third-order valence-electron chi connectivity index (χ3n) is 5.20. The van der Waals surface area contributed by atoms with Crippen LogP contribution in [0.2, 0.25) is 0 Å². The van der Waals surface area contributed by atoms with Crippen LogP contribution in [0.15, 0.2) is 30.3 Å². The van der Waals surface area contributed by atoms with Gasteiger partial charge in [0.2, 0.25) is 0 Å². The van der Waals surface area contributed by atoms with Gasteiger partial charge in [-0.25, -0.2) is 0 Å². The number of ether oxygens (including phenoxy) is 3. The predicted octanol–water partition coefficient (Wildman–Crippen LogP) is 2.25. The van der Waals surface area contributed by atoms with Crippen molar-refractivity contribution >= 4 is 5.91 Å². The van der Waals surface area contributed by atoms with Crippen LogP contribution >= 0.6 is 0 Å². The van der Waals surface area contributed by atoms with E-state index in [4.69, 9.17) is 14.2 Å². The van der Waals surface area contributed by atoms with E-state index >= 15 is 0 Å². The third kappa shape index (κ3) is 3.57. The van der Waals surface area contributed by atoms with Crippen molar-refractivity contribution in [1.29, 1.82) is 0 Å². The standard InChI is InChI=1S/C19H25NO4/c21-18(13-23-15-4-2-1-3-5-15)20-10-11-22-19-16(20)8-9-17(19)24-12-14-6-7-14/h1-5,14,16-17,19H,6-13H2/t16-,17-,19+/m0/s1. The van der Waals surface area contributed by atoms with Crippen LogP contribution in [0.1, 0.15) is 25.7 Å². The van der Waals surface area contributed by atoms with Crippen LogP contribution in [-0.2, 0) is 14.3 Å². The Bertz CT molecular complexity index is 560. The molecule has 5 nitrogen and oxygen atoms in total. The third-order valence-corrected chi connectivity index (χ3v) is 5.20. The summed E-state index contributed by atoms with van der Waals surface area (Å²) >= 11 is 0. The van der Waals surface area contributed by atoms with Gasteiger partial charge in [0.25, 0.3) is 5.91 Å². The molecule has 5 heteroatoms. The monoisotopic (exact) mass is 331 g/mol. The van der Waals surface area contributed by atoms with Crippen molar-refractivity contribution in [2.45, 2.75) is 43.9 Å². The Kier molecular flexibility index (Phi) is 4.72. The molecule has 1 amide bonds. The Morgan fingerprint density at radius 1 is 1.17 bits per heavy atom. The molecule has 1 heterocycles. The van der Waals surface area contributed by atoms with E-state index in [1.54, 1.807) is 0 Å². The minimum Gasteiger partial charge on any atom is -0.484 e. The molecule has 0 N–H and O–H groups in total. The smallest absolute Gasteiger partial charge is 0.260 e. The van der Waals surface area contributed by atoms with Gasteiger partial charge >= 0.3 is 0 Å². The quantitative estimate of drug-likeness (QED) is 0.802. The topological polar surface area (TPSA) is 48.0 Å². The second kappa shape index (κ2) is 7.11. The Balaban J connectivity index is 1.32. The zero-order valence-corrected chi connectivity index (χ0v) is 13.9. The molecule has 0 aromatic heterocycles. The van der Waals surface area contributed by atoms with Crippen molar-refractivity contribution in [2.24, 2.45) is 5.92 Å². The first kappa shape index (κ1) is 15.9. The minimum absolute atomic E-state index is 0.0261. The summed E-state index contributed by atoms with van der Waals surface area (Å²) < 4.78 is 17.6. The van der Waals surface area contributed by atoms with Crippen molar-refractivity contribution in [3.63, 3.8) is 0 Å². The second-order valence-corrected chi connectivity index (χ2v) is 6.98. The van der Waals surface area contributed by atoms with Crippen molar-refractivity contribution < 1.29 is 19.0 Å². The van der Waals surface area contributed by atoms with Crippen LogP contribution in [0.25, 0.3) is 0 Å². The van der Waals surface area contributed by atoms with E-state index in [0.717, 1.165) is 31.1 Å². The van der Waals surface area contributed by atoms with Gasteiger partial charge in [-0.15, -0.1) is 0 Å². The van der Waals surface area contributed by atoms with Crippen LogP contribution in [0, 0.1) is 5.92 Å². The van der Waals surface area contributed by atoms with E-state index < -0.39 is 0 Å². The number of rotatable bonds is 6. The summed E-state index contributed by atoms with van der Waals surface area (Å²) in [4.78, 5) is 14.5. The molecule has 0 bridgehead atoms. The number of morpholine rings is 1. The highest BCUT2D eigenvalue weighted by Crippen LogP contribution is 2.35. The lowest BCUT2D eigenvalue weighted by Crippen LogP contribution is -2.55. The molecule has 24 heavy (non-hydrogen) atoms. The fourth-order valence-electron chi connectivity index (χ4n) is 3.69. The molecule has 0 unspecified atom stereocenters. The molecule has 1 saturated heterocycles. The Labute approximate surface area is 142 Å². The highest BCUT2D eigenvalue weighted by molar-refractivity contribution is 5.78. The van der Waals surface area contributed by atoms with Gasteiger partial charge in [-0.2, -0.15) is 0 Å². The molecule has 3 aliphatic rings. The first-order chi connectivity index (χ1) is 11.8. The van der Waals surface area contributed by atoms with Crippen molar-refractivity contribution in [3.8, 4) is 5.75 Å². The molecule has 1 aromatic rings. The number of amides is 1. The fraction of sp³-hybridized carbons (Fsp3) is 0.632. The number of hydrogen-bond acceptors (Lipinski definition) is 4. The summed E-state index contributed by atoms with van der Waals surface area (Å²) in [6, 6.07) is 9.61. The van der Waals surface area contributed by atoms with Gasteiger partial charge in [0, 0.05) is 13.2 Å². The average Bonchev–Trinajstić information content (AvgIpc) is 3.37. The van der Waals surface area contributed by atoms with Gasteiger partial charge in [0.1, 0.15) is 11.9 Å². The average molecular weight is 331 g/mol. The lowest BCUT2D eigenvalue weighted by atomic mass is 10.1. The number of benzene rings is 1. The van der Waals surface area contributed by atoms with Crippen LogP contribution in [0.3, 0.4) is 0 Å². The number of para-hydroxylation sites is 1. The summed E-state index contributed by atoms with van der Waals surface area (Å²) in [6.07, 6.45) is 4.69. The van der Waals surface area contributed by atoms with Crippen LogP contribution in [-0.4, -0.2) is 55.4 Å². The number of carbonyl (C=O) groups excluding carboxylic acids is 1. The zero-order chi connectivity index (χ0) is 16.4. The van der Waals surface area contributed by atoms with Crippen molar-refractivity contribution in [1.82, 2.24) is 4.90 Å². The van der Waals surface area contributed by atoms with E-state index in [-0.39, 0.29) is 30.8 Å². The van der Waals surface area contributed by atoms with Gasteiger partial charge in [0.15, 0.2) is 6.61 Å². The number of nitrogens with zero attached hydrogens (tertiary/aromatic N) is 1. The number of carbonyl (C=O) groups is 1. The summed E-state index contributed by atoms with van der Waals surface area (Å²) in [5.74, 6) is 1.53. The molecule has 4 rings (SSSR count). The van der Waals surface area contributed by atoms with Crippen LogP contribution in [0.5, 0.6) is 5.75 Å². The van der Waals surface area contributed by atoms with Gasteiger partial charge < -0.3 is 19.1 Å². The summed E-state index contributed by atoms with van der Waals surface area (Å²) in [6.45, 7) is 2.16. The summed E-state index contributed by atoms with van der Waals surface area (Å²) in [7, 11) is 0. The number of hydrogen-bond donors (Lipinski definition) is 0. The summed E-state index contributed by atoms with van der Waals surface area (Å²) in [5.41, 5.74) is 0. The van der Waals surface area contributed by atoms with Crippen molar-refractivity contribution in [2.75, 3.05) is 26.4 Å². The molecule has 1 aromatic carbocycles. The molecule has 2 aliphatic carbocycles. The molecule has 3 fully saturated rings. The molecule has 0 spiro atoms. The number of fused-ring (bicyclic) bond motifs is 1.